The molecule has 0 aromatic carbocycles. The number of rotatable bonds is 2. The minimum absolute atomic E-state index is 0.597. The minimum Gasteiger partial charge on any atom is -0.313 e. The smallest absolute Gasteiger partial charge is 0.0195 e. The highest BCUT2D eigenvalue weighted by Gasteiger charge is 2.27. The summed E-state index contributed by atoms with van der Waals surface area (Å²) in [6, 6.07) is 0.788. The fourth-order valence-corrected chi connectivity index (χ4v) is 2.57. The van der Waals surface area contributed by atoms with E-state index in [0.29, 0.717) is 5.41 Å². The Balaban J connectivity index is 1.72. The van der Waals surface area contributed by atoms with Crippen LogP contribution in [0.3, 0.4) is 0 Å². The summed E-state index contributed by atoms with van der Waals surface area (Å²) in [7, 11) is 0. The van der Waals surface area contributed by atoms with Crippen molar-refractivity contribution < 1.29 is 0 Å². The van der Waals surface area contributed by atoms with Crippen molar-refractivity contribution in [2.45, 2.75) is 45.6 Å². The molecule has 2 fully saturated rings. The summed E-state index contributed by atoms with van der Waals surface area (Å²) in [4.78, 5) is 2.65. The Morgan fingerprint density at radius 1 is 1.29 bits per heavy atom. The highest BCUT2D eigenvalue weighted by molar-refractivity contribution is 4.83. The van der Waals surface area contributed by atoms with Crippen molar-refractivity contribution >= 4 is 0 Å². The normalized spacial score (nSPS) is 33.4. The van der Waals surface area contributed by atoms with Gasteiger partial charge in [-0.1, -0.05) is 13.8 Å². The van der Waals surface area contributed by atoms with Crippen LogP contribution < -0.4 is 5.32 Å². The van der Waals surface area contributed by atoms with E-state index in [2.05, 4.69) is 24.1 Å². The van der Waals surface area contributed by atoms with Crippen molar-refractivity contribution in [3.8, 4) is 0 Å². The van der Waals surface area contributed by atoms with Gasteiger partial charge in [-0.25, -0.2) is 0 Å². The highest BCUT2D eigenvalue weighted by atomic mass is 15.2. The first-order chi connectivity index (χ1) is 6.66. The average molecular weight is 196 g/mol. The first-order valence-electron chi connectivity index (χ1n) is 6.11. The number of nitrogens with zero attached hydrogens (tertiary/aromatic N) is 1. The topological polar surface area (TPSA) is 15.3 Å². The predicted octanol–water partition coefficient (Wildman–Crippen LogP) is 1.86. The van der Waals surface area contributed by atoms with Crippen molar-refractivity contribution in [1.82, 2.24) is 10.2 Å². The number of hydrogen-bond acceptors (Lipinski definition) is 2. The molecule has 0 aromatic rings. The Kier molecular flexibility index (Phi) is 3.13. The molecular formula is C12H24N2. The summed E-state index contributed by atoms with van der Waals surface area (Å²) < 4.78 is 0. The van der Waals surface area contributed by atoms with Gasteiger partial charge in [0, 0.05) is 12.6 Å². The van der Waals surface area contributed by atoms with Gasteiger partial charge < -0.3 is 10.2 Å². The van der Waals surface area contributed by atoms with E-state index < -0.39 is 0 Å². The van der Waals surface area contributed by atoms with Crippen molar-refractivity contribution in [3.63, 3.8) is 0 Å². The van der Waals surface area contributed by atoms with E-state index in [4.69, 9.17) is 0 Å². The summed E-state index contributed by atoms with van der Waals surface area (Å²) in [5.74, 6) is 0. The van der Waals surface area contributed by atoms with Crippen LogP contribution in [0.5, 0.6) is 0 Å². The van der Waals surface area contributed by atoms with Gasteiger partial charge in [0.05, 0.1) is 0 Å². The molecule has 14 heavy (non-hydrogen) atoms. The zero-order valence-electron chi connectivity index (χ0n) is 9.68. The van der Waals surface area contributed by atoms with Crippen LogP contribution in [0.15, 0.2) is 0 Å². The van der Waals surface area contributed by atoms with Crippen molar-refractivity contribution in [2.75, 3.05) is 26.2 Å². The highest BCUT2D eigenvalue weighted by Crippen LogP contribution is 2.29. The minimum atomic E-state index is 0.597. The third kappa shape index (κ3) is 2.71. The molecule has 0 radical (unpaired) electrons. The van der Waals surface area contributed by atoms with Crippen LogP contribution in [0.1, 0.15) is 39.5 Å². The third-order valence-corrected chi connectivity index (χ3v) is 3.85. The maximum Gasteiger partial charge on any atom is 0.0195 e. The molecule has 0 unspecified atom stereocenters. The first-order valence-corrected chi connectivity index (χ1v) is 6.11. The van der Waals surface area contributed by atoms with E-state index in [-0.39, 0.29) is 0 Å². The molecule has 0 aliphatic carbocycles. The monoisotopic (exact) mass is 196 g/mol. The average Bonchev–Trinajstić information content (AvgIpc) is 2.61. The van der Waals surface area contributed by atoms with Crippen LogP contribution in [0.2, 0.25) is 0 Å². The van der Waals surface area contributed by atoms with Crippen LogP contribution >= 0.6 is 0 Å². The van der Waals surface area contributed by atoms with Crippen molar-refractivity contribution in [2.24, 2.45) is 5.41 Å². The lowest BCUT2D eigenvalue weighted by Gasteiger charge is -2.37. The summed E-state index contributed by atoms with van der Waals surface area (Å²) in [6.07, 6.45) is 5.52. The summed E-state index contributed by atoms with van der Waals surface area (Å²) in [6.45, 7) is 9.95. The standard InChI is InChI=1S/C12H24N2/c1-12(2)5-8-14(9-6-12)10-11-4-3-7-13-11/h11,13H,3-10H2,1-2H3/t11-/m1/s1. The van der Waals surface area contributed by atoms with E-state index in [0.717, 1.165) is 6.04 Å². The first kappa shape index (κ1) is 10.4. The molecule has 1 atom stereocenters. The Labute approximate surface area is 88.1 Å². The zero-order valence-corrected chi connectivity index (χ0v) is 9.68. The van der Waals surface area contributed by atoms with E-state index in [1.165, 1.54) is 51.9 Å². The molecule has 2 aliphatic rings. The van der Waals surface area contributed by atoms with Crippen LogP contribution in [0.4, 0.5) is 0 Å². The fraction of sp³-hybridized carbons (Fsp3) is 1.00. The maximum absolute atomic E-state index is 3.58. The zero-order chi connectivity index (χ0) is 10.0. The van der Waals surface area contributed by atoms with Gasteiger partial charge >= 0.3 is 0 Å². The van der Waals surface area contributed by atoms with Gasteiger partial charge in [0.15, 0.2) is 0 Å². The summed E-state index contributed by atoms with van der Waals surface area (Å²) >= 11 is 0. The second kappa shape index (κ2) is 4.19. The maximum atomic E-state index is 3.58. The molecule has 2 aliphatic heterocycles. The molecular weight excluding hydrogens is 172 g/mol. The molecule has 2 heterocycles. The lowest BCUT2D eigenvalue weighted by molar-refractivity contribution is 0.124. The largest absolute Gasteiger partial charge is 0.313 e. The molecule has 0 spiro atoms. The van der Waals surface area contributed by atoms with Gasteiger partial charge in [0.1, 0.15) is 0 Å². The molecule has 0 saturated carbocycles. The third-order valence-electron chi connectivity index (χ3n) is 3.85. The van der Waals surface area contributed by atoms with Crippen LogP contribution in [0, 0.1) is 5.41 Å². The number of likely N-dealkylation sites (tertiary alicyclic amines) is 1. The van der Waals surface area contributed by atoms with Crippen molar-refractivity contribution in [1.29, 1.82) is 0 Å². The van der Waals surface area contributed by atoms with Gasteiger partial charge in [0.2, 0.25) is 0 Å². The van der Waals surface area contributed by atoms with Gasteiger partial charge in [-0.05, 0) is 50.7 Å². The van der Waals surface area contributed by atoms with Gasteiger partial charge in [-0.3, -0.25) is 0 Å². The number of hydrogen-bond donors (Lipinski definition) is 1. The van der Waals surface area contributed by atoms with Crippen LogP contribution in [-0.4, -0.2) is 37.1 Å². The number of piperidine rings is 1. The van der Waals surface area contributed by atoms with Gasteiger partial charge in [-0.15, -0.1) is 0 Å². The Bertz CT molecular complexity index is 173. The Hall–Kier alpha value is -0.0800. The van der Waals surface area contributed by atoms with E-state index in [1.54, 1.807) is 0 Å². The molecule has 0 aromatic heterocycles. The van der Waals surface area contributed by atoms with E-state index >= 15 is 0 Å². The predicted molar refractivity (Wildman–Crippen MR) is 60.5 cm³/mol. The van der Waals surface area contributed by atoms with Gasteiger partial charge in [-0.2, -0.15) is 0 Å². The molecule has 2 nitrogen and oxygen atoms in total. The Morgan fingerprint density at radius 3 is 2.57 bits per heavy atom. The molecule has 0 bridgehead atoms. The SMILES string of the molecule is CC1(C)CCN(C[C@H]2CCCN2)CC1. The summed E-state index contributed by atoms with van der Waals surface area (Å²) in [5.41, 5.74) is 0.597. The quantitative estimate of drug-likeness (QED) is 0.725. The molecule has 2 heteroatoms. The van der Waals surface area contributed by atoms with Crippen LogP contribution in [0.25, 0.3) is 0 Å². The molecule has 0 amide bonds. The van der Waals surface area contributed by atoms with E-state index in [1.807, 2.05) is 0 Å². The lowest BCUT2D eigenvalue weighted by atomic mass is 9.82. The Morgan fingerprint density at radius 2 is 2.00 bits per heavy atom. The van der Waals surface area contributed by atoms with Crippen molar-refractivity contribution in [3.05, 3.63) is 0 Å². The number of nitrogens with one attached hydrogen (secondary N) is 1. The molecule has 2 saturated heterocycles. The second-order valence-electron chi connectivity index (χ2n) is 5.76. The summed E-state index contributed by atoms with van der Waals surface area (Å²) in [5, 5.41) is 3.58. The second-order valence-corrected chi connectivity index (χ2v) is 5.76. The lowest BCUT2D eigenvalue weighted by Crippen LogP contribution is -2.43. The van der Waals surface area contributed by atoms with Crippen LogP contribution in [-0.2, 0) is 0 Å². The molecule has 1 N–H and O–H groups in total. The fourth-order valence-electron chi connectivity index (χ4n) is 2.57. The van der Waals surface area contributed by atoms with Gasteiger partial charge in [0.25, 0.3) is 0 Å². The molecule has 2 rings (SSSR count). The molecule has 82 valence electrons. The van der Waals surface area contributed by atoms with E-state index in [9.17, 15) is 0 Å².